The van der Waals surface area contributed by atoms with Gasteiger partial charge in [0.1, 0.15) is 29.1 Å². The number of hydrogen-bond acceptors (Lipinski definition) is 4. The highest BCUT2D eigenvalue weighted by atomic mass is 16.1. The molecule has 0 aliphatic rings. The van der Waals surface area contributed by atoms with Gasteiger partial charge in [-0.15, -0.1) is 0 Å². The van der Waals surface area contributed by atoms with Crippen molar-refractivity contribution in [1.29, 1.82) is 10.5 Å². The fourth-order valence-corrected chi connectivity index (χ4v) is 2.68. The number of pyridine rings is 1. The molecule has 0 amide bonds. The van der Waals surface area contributed by atoms with Crippen molar-refractivity contribution >= 4 is 5.82 Å². The van der Waals surface area contributed by atoms with E-state index in [0.29, 0.717) is 5.56 Å². The maximum Gasteiger partial charge on any atom is 0.268 e. The van der Waals surface area contributed by atoms with Gasteiger partial charge in [0.2, 0.25) is 0 Å². The van der Waals surface area contributed by atoms with Crippen LogP contribution in [0.1, 0.15) is 11.1 Å². The molecule has 3 rings (SSSR count). The first-order chi connectivity index (χ1) is 11.7. The van der Waals surface area contributed by atoms with E-state index in [1.54, 1.807) is 12.1 Å². The largest absolute Gasteiger partial charge is 0.384 e. The summed E-state index contributed by atoms with van der Waals surface area (Å²) in [5.41, 5.74) is 7.78. The van der Waals surface area contributed by atoms with Crippen LogP contribution in [0.4, 0.5) is 5.82 Å². The molecule has 0 saturated carbocycles. The number of hydrogen-bond donors (Lipinski definition) is 2. The monoisotopic (exact) mass is 312 g/mol. The van der Waals surface area contributed by atoms with Crippen molar-refractivity contribution in [2.75, 3.05) is 5.73 Å². The quantitative estimate of drug-likeness (QED) is 0.758. The summed E-state index contributed by atoms with van der Waals surface area (Å²) in [5.74, 6) is -0.0423. The van der Waals surface area contributed by atoms with Gasteiger partial charge in [0.15, 0.2) is 0 Å². The lowest BCUT2D eigenvalue weighted by atomic mass is 9.90. The minimum Gasteiger partial charge on any atom is -0.384 e. The third-order valence-corrected chi connectivity index (χ3v) is 3.75. The van der Waals surface area contributed by atoms with Crippen LogP contribution in [0.25, 0.3) is 22.3 Å². The highest BCUT2D eigenvalue weighted by Crippen LogP contribution is 2.35. The molecule has 0 aliphatic carbocycles. The molecule has 5 nitrogen and oxygen atoms in total. The van der Waals surface area contributed by atoms with E-state index in [0.717, 1.165) is 11.1 Å². The average molecular weight is 312 g/mol. The summed E-state index contributed by atoms with van der Waals surface area (Å²) in [5, 5.41) is 18.9. The summed E-state index contributed by atoms with van der Waals surface area (Å²) in [7, 11) is 0. The molecule has 1 heterocycles. The number of nitrogen functional groups attached to an aromatic ring is 1. The fraction of sp³-hybridized carbons (Fsp3) is 0. The Labute approximate surface area is 138 Å². The van der Waals surface area contributed by atoms with Gasteiger partial charge in [0.25, 0.3) is 5.56 Å². The molecule has 0 atom stereocenters. The number of nitrogens with two attached hydrogens (primary N) is 1. The Morgan fingerprint density at radius 3 is 2.04 bits per heavy atom. The Morgan fingerprint density at radius 1 is 0.833 bits per heavy atom. The molecule has 2 aromatic carbocycles. The van der Waals surface area contributed by atoms with Crippen LogP contribution in [0.2, 0.25) is 0 Å². The molecule has 0 unspecified atom stereocenters. The molecule has 114 valence electrons. The van der Waals surface area contributed by atoms with Gasteiger partial charge in [0.05, 0.1) is 0 Å². The topological polar surface area (TPSA) is 106 Å². The standard InChI is InChI=1S/C19H12N4O/c20-10-15-17(16(11-21)19(24)23-18(15)22)14-9-5-4-8-13(14)12-6-2-1-3-7-12/h1-9H,(H3,22,23,24). The summed E-state index contributed by atoms with van der Waals surface area (Å²) in [6, 6.07) is 20.7. The van der Waals surface area contributed by atoms with Crippen LogP contribution >= 0.6 is 0 Å². The number of nitrogens with one attached hydrogen (secondary N) is 1. The van der Waals surface area contributed by atoms with Crippen molar-refractivity contribution in [2.24, 2.45) is 0 Å². The lowest BCUT2D eigenvalue weighted by molar-refractivity contribution is 1.21. The zero-order chi connectivity index (χ0) is 17.1. The second-order valence-electron chi connectivity index (χ2n) is 5.13. The van der Waals surface area contributed by atoms with Gasteiger partial charge in [-0.3, -0.25) is 4.79 Å². The number of aromatic nitrogens is 1. The molecule has 5 heteroatoms. The van der Waals surface area contributed by atoms with E-state index in [4.69, 9.17) is 5.73 Å². The zero-order valence-corrected chi connectivity index (χ0v) is 12.6. The van der Waals surface area contributed by atoms with Crippen molar-refractivity contribution in [3.05, 3.63) is 76.1 Å². The summed E-state index contributed by atoms with van der Waals surface area (Å²) in [4.78, 5) is 14.5. The van der Waals surface area contributed by atoms with Gasteiger partial charge in [-0.05, 0) is 16.7 Å². The van der Waals surface area contributed by atoms with Crippen LogP contribution in [0.5, 0.6) is 0 Å². The molecule has 3 aromatic rings. The van der Waals surface area contributed by atoms with Crippen LogP contribution in [0.15, 0.2) is 59.4 Å². The van der Waals surface area contributed by atoms with Gasteiger partial charge >= 0.3 is 0 Å². The maximum absolute atomic E-state index is 12.1. The predicted octanol–water partition coefficient (Wildman–Crippen LogP) is 3.03. The second-order valence-corrected chi connectivity index (χ2v) is 5.13. The first-order valence-electron chi connectivity index (χ1n) is 7.18. The van der Waals surface area contributed by atoms with Crippen molar-refractivity contribution in [3.63, 3.8) is 0 Å². The number of nitrogens with zero attached hydrogens (tertiary/aromatic N) is 2. The molecule has 3 N–H and O–H groups in total. The molecule has 0 aliphatic heterocycles. The summed E-state index contributed by atoms with van der Waals surface area (Å²) in [6.07, 6.45) is 0. The number of rotatable bonds is 2. The van der Waals surface area contributed by atoms with Gasteiger partial charge in [-0.2, -0.15) is 10.5 Å². The predicted molar refractivity (Wildman–Crippen MR) is 91.8 cm³/mol. The van der Waals surface area contributed by atoms with Crippen molar-refractivity contribution in [3.8, 4) is 34.4 Å². The Balaban J connectivity index is 2.44. The van der Waals surface area contributed by atoms with E-state index in [1.165, 1.54) is 0 Å². The van der Waals surface area contributed by atoms with Crippen LogP contribution in [-0.2, 0) is 0 Å². The molecule has 0 bridgehead atoms. The summed E-state index contributed by atoms with van der Waals surface area (Å²) < 4.78 is 0. The van der Waals surface area contributed by atoms with E-state index in [1.807, 2.05) is 54.6 Å². The van der Waals surface area contributed by atoms with Crippen LogP contribution in [0, 0.1) is 22.7 Å². The van der Waals surface area contributed by atoms with E-state index >= 15 is 0 Å². The zero-order valence-electron chi connectivity index (χ0n) is 12.6. The lowest BCUT2D eigenvalue weighted by Gasteiger charge is -2.13. The Hall–Kier alpha value is -3.83. The number of nitriles is 2. The highest BCUT2D eigenvalue weighted by Gasteiger charge is 2.20. The smallest absolute Gasteiger partial charge is 0.268 e. The molecular weight excluding hydrogens is 300 g/mol. The minimum atomic E-state index is -0.605. The second kappa shape index (κ2) is 6.12. The van der Waals surface area contributed by atoms with E-state index in [9.17, 15) is 15.3 Å². The van der Waals surface area contributed by atoms with E-state index in [2.05, 4.69) is 4.98 Å². The molecular formula is C19H12N4O. The Bertz CT molecular complexity index is 1050. The van der Waals surface area contributed by atoms with Gasteiger partial charge in [-0.1, -0.05) is 54.6 Å². The number of benzene rings is 2. The normalized spacial score (nSPS) is 9.92. The first kappa shape index (κ1) is 15.1. The fourth-order valence-electron chi connectivity index (χ4n) is 2.68. The van der Waals surface area contributed by atoms with Crippen LogP contribution < -0.4 is 11.3 Å². The van der Waals surface area contributed by atoms with Crippen molar-refractivity contribution in [1.82, 2.24) is 4.98 Å². The third-order valence-electron chi connectivity index (χ3n) is 3.75. The van der Waals surface area contributed by atoms with E-state index in [-0.39, 0.29) is 22.5 Å². The highest BCUT2D eigenvalue weighted by molar-refractivity contribution is 5.90. The molecule has 0 radical (unpaired) electrons. The minimum absolute atomic E-state index is 0.0423. The molecule has 1 aromatic heterocycles. The summed E-state index contributed by atoms with van der Waals surface area (Å²) >= 11 is 0. The van der Waals surface area contributed by atoms with E-state index < -0.39 is 5.56 Å². The van der Waals surface area contributed by atoms with Gasteiger partial charge < -0.3 is 10.7 Å². The van der Waals surface area contributed by atoms with Crippen LogP contribution in [0.3, 0.4) is 0 Å². The third kappa shape index (κ3) is 2.41. The Kier molecular flexibility index (Phi) is 3.84. The maximum atomic E-state index is 12.1. The van der Waals surface area contributed by atoms with Crippen molar-refractivity contribution < 1.29 is 0 Å². The average Bonchev–Trinajstić information content (AvgIpc) is 2.62. The van der Waals surface area contributed by atoms with Crippen molar-refractivity contribution in [2.45, 2.75) is 0 Å². The molecule has 0 saturated heterocycles. The number of aromatic amines is 1. The first-order valence-corrected chi connectivity index (χ1v) is 7.18. The summed E-state index contributed by atoms with van der Waals surface area (Å²) in [6.45, 7) is 0. The molecule has 0 spiro atoms. The van der Waals surface area contributed by atoms with Gasteiger partial charge in [0, 0.05) is 5.56 Å². The van der Waals surface area contributed by atoms with Crippen LogP contribution in [-0.4, -0.2) is 4.98 Å². The number of H-pyrrole nitrogens is 1. The SMILES string of the molecule is N#Cc1c(N)[nH]c(=O)c(C#N)c1-c1ccccc1-c1ccccc1. The number of anilines is 1. The van der Waals surface area contributed by atoms with Gasteiger partial charge in [-0.25, -0.2) is 0 Å². The lowest BCUT2D eigenvalue weighted by Crippen LogP contribution is -2.16. The Morgan fingerprint density at radius 2 is 1.42 bits per heavy atom. The molecule has 24 heavy (non-hydrogen) atoms. The molecule has 0 fully saturated rings.